The molecule has 0 aromatic carbocycles. The molecule has 0 spiro atoms. The van der Waals surface area contributed by atoms with Crippen molar-refractivity contribution in [1.82, 2.24) is 4.98 Å². The summed E-state index contributed by atoms with van der Waals surface area (Å²) in [5.41, 5.74) is 1.66. The Hall–Kier alpha value is -1.48. The Balaban J connectivity index is 1.98. The van der Waals surface area contributed by atoms with Gasteiger partial charge in [-0.3, -0.25) is 9.78 Å². The minimum absolute atomic E-state index is 0.122. The van der Waals surface area contributed by atoms with Crippen molar-refractivity contribution in [2.24, 2.45) is 0 Å². The van der Waals surface area contributed by atoms with E-state index >= 15 is 0 Å². The summed E-state index contributed by atoms with van der Waals surface area (Å²) < 4.78 is 0. The quantitative estimate of drug-likeness (QED) is 0.756. The molecule has 0 atom stereocenters. The number of carbonyl (C=O) groups excluding carboxylic acids is 1. The second-order valence-corrected chi connectivity index (χ2v) is 4.75. The topological polar surface area (TPSA) is 30.0 Å². The predicted molar refractivity (Wildman–Crippen MR) is 65.9 cm³/mol. The zero-order valence-electron chi connectivity index (χ0n) is 9.14. The van der Waals surface area contributed by atoms with E-state index in [-0.39, 0.29) is 5.78 Å². The van der Waals surface area contributed by atoms with Crippen LogP contribution in [0.1, 0.15) is 27.3 Å². The number of aromatic nitrogens is 1. The average molecular weight is 231 g/mol. The predicted octanol–water partition coefficient (Wildman–Crippen LogP) is 3.27. The summed E-state index contributed by atoms with van der Waals surface area (Å²) in [7, 11) is 0. The molecule has 0 aliphatic carbocycles. The van der Waals surface area contributed by atoms with Crippen LogP contribution in [0.4, 0.5) is 0 Å². The number of nitrogens with zero attached hydrogens (tertiary/aromatic N) is 1. The van der Waals surface area contributed by atoms with Crippen LogP contribution in [0.2, 0.25) is 0 Å². The maximum atomic E-state index is 11.8. The summed E-state index contributed by atoms with van der Waals surface area (Å²) in [6, 6.07) is 7.81. The third kappa shape index (κ3) is 2.76. The summed E-state index contributed by atoms with van der Waals surface area (Å²) in [5, 5.41) is 2.03. The Bertz CT molecular complexity index is 476. The van der Waals surface area contributed by atoms with Crippen molar-refractivity contribution in [3.8, 4) is 0 Å². The van der Waals surface area contributed by atoms with E-state index in [9.17, 15) is 4.79 Å². The van der Waals surface area contributed by atoms with Crippen LogP contribution in [0.5, 0.6) is 0 Å². The Kier molecular flexibility index (Phi) is 3.47. The minimum atomic E-state index is 0.122. The molecule has 0 N–H and O–H groups in total. The number of pyridine rings is 1. The lowest BCUT2D eigenvalue weighted by Gasteiger charge is -2.00. The normalized spacial score (nSPS) is 10.3. The highest BCUT2D eigenvalue weighted by Gasteiger charge is 2.07. The molecule has 0 bridgehead atoms. The molecule has 0 saturated heterocycles. The second-order valence-electron chi connectivity index (χ2n) is 3.72. The maximum absolute atomic E-state index is 11.8. The fourth-order valence-corrected chi connectivity index (χ4v) is 2.22. The van der Waals surface area contributed by atoms with Crippen LogP contribution in [0.25, 0.3) is 0 Å². The van der Waals surface area contributed by atoms with Crippen molar-refractivity contribution in [3.63, 3.8) is 0 Å². The first-order chi connectivity index (χ1) is 7.75. The van der Waals surface area contributed by atoms with Gasteiger partial charge in [0.1, 0.15) is 5.69 Å². The Morgan fingerprint density at radius 1 is 1.44 bits per heavy atom. The molecular weight excluding hydrogens is 218 g/mol. The molecular formula is C13H13NOS. The number of rotatable bonds is 4. The van der Waals surface area contributed by atoms with Gasteiger partial charge >= 0.3 is 0 Å². The average Bonchev–Trinajstić information content (AvgIpc) is 2.78. The van der Waals surface area contributed by atoms with E-state index in [0.29, 0.717) is 12.1 Å². The van der Waals surface area contributed by atoms with Gasteiger partial charge in [0, 0.05) is 17.5 Å². The SMILES string of the molecule is Cc1ccnc(C(=O)CCc2cccs2)c1. The van der Waals surface area contributed by atoms with Gasteiger partial charge in [-0.05, 0) is 42.5 Å². The number of carbonyl (C=O) groups is 1. The van der Waals surface area contributed by atoms with Crippen molar-refractivity contribution in [3.05, 3.63) is 52.0 Å². The first kappa shape index (κ1) is 11.0. The fourth-order valence-electron chi connectivity index (χ4n) is 1.51. The first-order valence-corrected chi connectivity index (χ1v) is 6.12. The van der Waals surface area contributed by atoms with Crippen molar-refractivity contribution in [2.45, 2.75) is 19.8 Å². The molecule has 0 radical (unpaired) electrons. The van der Waals surface area contributed by atoms with Crippen molar-refractivity contribution < 1.29 is 4.79 Å². The molecule has 2 nitrogen and oxygen atoms in total. The number of ketones is 1. The molecule has 2 aromatic heterocycles. The van der Waals surface area contributed by atoms with E-state index in [4.69, 9.17) is 0 Å². The van der Waals surface area contributed by atoms with E-state index in [1.54, 1.807) is 17.5 Å². The van der Waals surface area contributed by atoms with Gasteiger partial charge in [0.05, 0.1) is 0 Å². The van der Waals surface area contributed by atoms with Crippen LogP contribution in [0.15, 0.2) is 35.8 Å². The zero-order valence-corrected chi connectivity index (χ0v) is 9.96. The molecule has 2 heterocycles. The highest BCUT2D eigenvalue weighted by Crippen LogP contribution is 2.12. The second kappa shape index (κ2) is 5.03. The largest absolute Gasteiger partial charge is 0.292 e. The van der Waals surface area contributed by atoms with E-state index in [2.05, 4.69) is 11.1 Å². The van der Waals surface area contributed by atoms with Crippen molar-refractivity contribution in [2.75, 3.05) is 0 Å². The zero-order chi connectivity index (χ0) is 11.4. The van der Waals surface area contributed by atoms with Crippen LogP contribution in [0, 0.1) is 6.92 Å². The van der Waals surface area contributed by atoms with Gasteiger partial charge in [0.15, 0.2) is 5.78 Å². The lowest BCUT2D eigenvalue weighted by atomic mass is 10.1. The molecule has 0 unspecified atom stereocenters. The maximum Gasteiger partial charge on any atom is 0.181 e. The minimum Gasteiger partial charge on any atom is -0.292 e. The Labute approximate surface area is 99.0 Å². The third-order valence-electron chi connectivity index (χ3n) is 2.38. The van der Waals surface area contributed by atoms with Gasteiger partial charge in [0.2, 0.25) is 0 Å². The summed E-state index contributed by atoms with van der Waals surface area (Å²) in [6.45, 7) is 1.97. The standard InChI is InChI=1S/C13H13NOS/c1-10-6-7-14-12(9-10)13(15)5-4-11-3-2-8-16-11/h2-3,6-9H,4-5H2,1H3. The Morgan fingerprint density at radius 3 is 3.00 bits per heavy atom. The number of Topliss-reactive ketones (excluding diaryl/α,β-unsaturated/α-hetero) is 1. The molecule has 0 saturated carbocycles. The van der Waals surface area contributed by atoms with Gasteiger partial charge in [-0.25, -0.2) is 0 Å². The molecule has 2 rings (SSSR count). The van der Waals surface area contributed by atoms with E-state index in [1.165, 1.54) is 4.88 Å². The van der Waals surface area contributed by atoms with Crippen LogP contribution >= 0.6 is 11.3 Å². The lowest BCUT2D eigenvalue weighted by Crippen LogP contribution is -2.03. The smallest absolute Gasteiger partial charge is 0.181 e. The first-order valence-electron chi connectivity index (χ1n) is 5.24. The number of thiophene rings is 1. The van der Waals surface area contributed by atoms with Crippen LogP contribution < -0.4 is 0 Å². The van der Waals surface area contributed by atoms with E-state index in [0.717, 1.165) is 12.0 Å². The van der Waals surface area contributed by atoms with Crippen molar-refractivity contribution >= 4 is 17.1 Å². The van der Waals surface area contributed by atoms with Crippen LogP contribution in [0.3, 0.4) is 0 Å². The molecule has 3 heteroatoms. The monoisotopic (exact) mass is 231 g/mol. The molecule has 0 fully saturated rings. The molecule has 82 valence electrons. The molecule has 0 aliphatic heterocycles. The molecule has 16 heavy (non-hydrogen) atoms. The number of hydrogen-bond acceptors (Lipinski definition) is 3. The van der Waals surface area contributed by atoms with Gasteiger partial charge in [-0.1, -0.05) is 6.07 Å². The lowest BCUT2D eigenvalue weighted by molar-refractivity contribution is 0.0978. The molecule has 0 aliphatic rings. The molecule has 2 aromatic rings. The Morgan fingerprint density at radius 2 is 2.31 bits per heavy atom. The van der Waals surface area contributed by atoms with Gasteiger partial charge in [0.25, 0.3) is 0 Å². The number of hydrogen-bond donors (Lipinski definition) is 0. The van der Waals surface area contributed by atoms with E-state index in [1.807, 2.05) is 30.5 Å². The fraction of sp³-hybridized carbons (Fsp3) is 0.231. The summed E-state index contributed by atoms with van der Waals surface area (Å²) >= 11 is 1.69. The number of aryl methyl sites for hydroxylation is 2. The van der Waals surface area contributed by atoms with Gasteiger partial charge < -0.3 is 0 Å². The summed E-state index contributed by atoms with van der Waals surface area (Å²) in [5.74, 6) is 0.122. The van der Waals surface area contributed by atoms with Crippen LogP contribution in [-0.4, -0.2) is 10.8 Å². The van der Waals surface area contributed by atoms with Crippen LogP contribution in [-0.2, 0) is 6.42 Å². The van der Waals surface area contributed by atoms with Crippen molar-refractivity contribution in [1.29, 1.82) is 0 Å². The molecule has 0 amide bonds. The highest BCUT2D eigenvalue weighted by molar-refractivity contribution is 7.09. The highest BCUT2D eigenvalue weighted by atomic mass is 32.1. The van der Waals surface area contributed by atoms with E-state index < -0.39 is 0 Å². The third-order valence-corrected chi connectivity index (χ3v) is 3.32. The van der Waals surface area contributed by atoms with Gasteiger partial charge in [-0.2, -0.15) is 0 Å². The van der Waals surface area contributed by atoms with Gasteiger partial charge in [-0.15, -0.1) is 11.3 Å². The summed E-state index contributed by atoms with van der Waals surface area (Å²) in [4.78, 5) is 17.2. The summed E-state index contributed by atoms with van der Waals surface area (Å²) in [6.07, 6.45) is 3.04.